The van der Waals surface area contributed by atoms with Gasteiger partial charge in [0.2, 0.25) is 0 Å². The lowest BCUT2D eigenvalue weighted by Gasteiger charge is -2.12. The first-order valence-electron chi connectivity index (χ1n) is 4.36. The van der Waals surface area contributed by atoms with Crippen LogP contribution in [0.15, 0.2) is 18.2 Å². The van der Waals surface area contributed by atoms with Gasteiger partial charge in [-0.3, -0.25) is 4.79 Å². The van der Waals surface area contributed by atoms with Gasteiger partial charge in [0.1, 0.15) is 5.78 Å². The Morgan fingerprint density at radius 1 is 1.57 bits per heavy atom. The highest BCUT2D eigenvalue weighted by Gasteiger charge is 2.15. The molecule has 0 saturated carbocycles. The molecule has 0 aromatic heterocycles. The highest BCUT2D eigenvalue weighted by Crippen LogP contribution is 2.28. The summed E-state index contributed by atoms with van der Waals surface area (Å²) in [5, 5.41) is 0. The zero-order valence-corrected chi connectivity index (χ0v) is 10.5. The number of hydrogen-bond acceptors (Lipinski definition) is 1. The summed E-state index contributed by atoms with van der Waals surface area (Å²) in [7, 11) is 0. The Balaban J connectivity index is 3.15. The van der Waals surface area contributed by atoms with Crippen LogP contribution < -0.4 is 0 Å². The largest absolute Gasteiger partial charge is 0.298 e. The van der Waals surface area contributed by atoms with Crippen LogP contribution in [-0.2, 0) is 10.7 Å². The first kappa shape index (κ1) is 11.7. The van der Waals surface area contributed by atoms with Crippen LogP contribution >= 0.6 is 27.5 Å². The van der Waals surface area contributed by atoms with Crippen LogP contribution in [0.3, 0.4) is 0 Å². The normalized spacial score (nSPS) is 12.6. The standard InChI is InChI=1S/C11H12BrClO/c1-7-9(6-13)4-3-5-10(7)11(12)8(2)14/h3-5,11H,6H2,1-2H3. The maximum Gasteiger partial charge on any atom is 0.147 e. The first-order valence-corrected chi connectivity index (χ1v) is 5.81. The molecule has 1 aromatic rings. The molecular weight excluding hydrogens is 263 g/mol. The number of Topliss-reactive ketones (excluding diaryl/α,β-unsaturated/α-hetero) is 1. The van der Waals surface area contributed by atoms with Gasteiger partial charge in [0, 0.05) is 5.88 Å². The third kappa shape index (κ3) is 2.37. The minimum Gasteiger partial charge on any atom is -0.298 e. The summed E-state index contributed by atoms with van der Waals surface area (Å²) in [6.45, 7) is 3.57. The number of ketones is 1. The molecule has 1 rings (SSSR count). The SMILES string of the molecule is CC(=O)C(Br)c1cccc(CCl)c1C. The van der Waals surface area contributed by atoms with Crippen LogP contribution in [0.1, 0.15) is 28.4 Å². The van der Waals surface area contributed by atoms with Gasteiger partial charge in [0.25, 0.3) is 0 Å². The Labute approximate surface area is 97.6 Å². The van der Waals surface area contributed by atoms with Gasteiger partial charge < -0.3 is 0 Å². The zero-order chi connectivity index (χ0) is 10.7. The van der Waals surface area contributed by atoms with E-state index in [0.717, 1.165) is 16.7 Å². The van der Waals surface area contributed by atoms with Gasteiger partial charge >= 0.3 is 0 Å². The lowest BCUT2D eigenvalue weighted by atomic mass is 9.99. The van der Waals surface area contributed by atoms with Gasteiger partial charge in [-0.05, 0) is 30.5 Å². The van der Waals surface area contributed by atoms with Gasteiger partial charge in [-0.15, -0.1) is 11.6 Å². The first-order chi connectivity index (χ1) is 6.57. The predicted octanol–water partition coefficient (Wildman–Crippen LogP) is 3.76. The van der Waals surface area contributed by atoms with E-state index in [9.17, 15) is 4.79 Å². The second-order valence-corrected chi connectivity index (χ2v) is 4.42. The molecule has 1 unspecified atom stereocenters. The average Bonchev–Trinajstić information content (AvgIpc) is 2.17. The third-order valence-electron chi connectivity index (χ3n) is 2.26. The molecule has 0 spiro atoms. The molecule has 0 bridgehead atoms. The Kier molecular flexibility index (Phi) is 4.14. The zero-order valence-electron chi connectivity index (χ0n) is 8.18. The summed E-state index contributed by atoms with van der Waals surface area (Å²) < 4.78 is 0. The van der Waals surface area contributed by atoms with Gasteiger partial charge in [-0.1, -0.05) is 34.1 Å². The van der Waals surface area contributed by atoms with E-state index in [4.69, 9.17) is 11.6 Å². The molecule has 1 atom stereocenters. The van der Waals surface area contributed by atoms with Crippen molar-refractivity contribution in [1.29, 1.82) is 0 Å². The lowest BCUT2D eigenvalue weighted by molar-refractivity contribution is -0.116. The fraction of sp³-hybridized carbons (Fsp3) is 0.364. The van der Waals surface area contributed by atoms with Crippen molar-refractivity contribution in [2.24, 2.45) is 0 Å². The molecule has 0 amide bonds. The van der Waals surface area contributed by atoms with E-state index in [1.807, 2.05) is 25.1 Å². The van der Waals surface area contributed by atoms with Gasteiger partial charge in [-0.25, -0.2) is 0 Å². The minimum atomic E-state index is -0.217. The van der Waals surface area contributed by atoms with E-state index in [2.05, 4.69) is 15.9 Å². The summed E-state index contributed by atoms with van der Waals surface area (Å²) in [6, 6.07) is 5.86. The van der Waals surface area contributed by atoms with Crippen molar-refractivity contribution in [3.8, 4) is 0 Å². The Bertz CT molecular complexity index is 349. The van der Waals surface area contributed by atoms with Crippen molar-refractivity contribution >= 4 is 33.3 Å². The fourth-order valence-corrected chi connectivity index (χ4v) is 2.13. The molecular formula is C11H12BrClO. The molecule has 14 heavy (non-hydrogen) atoms. The molecule has 0 aliphatic heterocycles. The highest BCUT2D eigenvalue weighted by molar-refractivity contribution is 9.09. The molecule has 0 saturated heterocycles. The van der Waals surface area contributed by atoms with Crippen molar-refractivity contribution in [3.63, 3.8) is 0 Å². The highest BCUT2D eigenvalue weighted by atomic mass is 79.9. The van der Waals surface area contributed by atoms with E-state index in [0.29, 0.717) is 5.88 Å². The number of benzene rings is 1. The number of alkyl halides is 2. The molecule has 0 radical (unpaired) electrons. The summed E-state index contributed by atoms with van der Waals surface area (Å²) in [4.78, 5) is 11.0. The van der Waals surface area contributed by atoms with Crippen LogP contribution in [0, 0.1) is 6.92 Å². The summed E-state index contributed by atoms with van der Waals surface area (Å²) >= 11 is 9.16. The number of carbonyl (C=O) groups is 1. The second kappa shape index (κ2) is 4.94. The Morgan fingerprint density at radius 2 is 2.21 bits per heavy atom. The fourth-order valence-electron chi connectivity index (χ4n) is 1.34. The molecule has 1 aromatic carbocycles. The second-order valence-electron chi connectivity index (χ2n) is 3.24. The number of rotatable bonds is 3. The van der Waals surface area contributed by atoms with Crippen LogP contribution in [0.5, 0.6) is 0 Å². The molecule has 1 nitrogen and oxygen atoms in total. The summed E-state index contributed by atoms with van der Waals surface area (Å²) in [5.74, 6) is 0.594. The van der Waals surface area contributed by atoms with Crippen LogP contribution in [0.4, 0.5) is 0 Å². The summed E-state index contributed by atoms with van der Waals surface area (Å²) in [5.41, 5.74) is 3.19. The van der Waals surface area contributed by atoms with E-state index in [1.165, 1.54) is 0 Å². The predicted molar refractivity (Wildman–Crippen MR) is 63.1 cm³/mol. The number of halogens is 2. The van der Waals surface area contributed by atoms with Crippen molar-refractivity contribution in [1.82, 2.24) is 0 Å². The maximum atomic E-state index is 11.2. The van der Waals surface area contributed by atoms with Gasteiger partial charge in [0.05, 0.1) is 4.83 Å². The molecule has 0 N–H and O–H groups in total. The van der Waals surface area contributed by atoms with Crippen LogP contribution in [0.2, 0.25) is 0 Å². The van der Waals surface area contributed by atoms with E-state index in [-0.39, 0.29) is 10.6 Å². The van der Waals surface area contributed by atoms with E-state index >= 15 is 0 Å². The molecule has 0 aliphatic carbocycles. The van der Waals surface area contributed by atoms with Gasteiger partial charge in [0.15, 0.2) is 0 Å². The minimum absolute atomic E-state index is 0.111. The molecule has 0 aliphatic rings. The number of carbonyl (C=O) groups excluding carboxylic acids is 1. The monoisotopic (exact) mass is 274 g/mol. The third-order valence-corrected chi connectivity index (χ3v) is 3.69. The van der Waals surface area contributed by atoms with Crippen LogP contribution in [-0.4, -0.2) is 5.78 Å². The van der Waals surface area contributed by atoms with Crippen LogP contribution in [0.25, 0.3) is 0 Å². The van der Waals surface area contributed by atoms with Crippen molar-refractivity contribution in [3.05, 3.63) is 34.9 Å². The molecule has 3 heteroatoms. The molecule has 0 heterocycles. The number of hydrogen-bond donors (Lipinski definition) is 0. The Morgan fingerprint density at radius 3 is 2.71 bits per heavy atom. The van der Waals surface area contributed by atoms with E-state index in [1.54, 1.807) is 6.92 Å². The Hall–Kier alpha value is -0.340. The topological polar surface area (TPSA) is 17.1 Å². The smallest absolute Gasteiger partial charge is 0.147 e. The summed E-state index contributed by atoms with van der Waals surface area (Å²) in [6.07, 6.45) is 0. The van der Waals surface area contributed by atoms with Crippen molar-refractivity contribution < 1.29 is 4.79 Å². The maximum absolute atomic E-state index is 11.2. The van der Waals surface area contributed by atoms with Crippen molar-refractivity contribution in [2.45, 2.75) is 24.6 Å². The quantitative estimate of drug-likeness (QED) is 0.768. The van der Waals surface area contributed by atoms with Gasteiger partial charge in [-0.2, -0.15) is 0 Å². The van der Waals surface area contributed by atoms with E-state index < -0.39 is 0 Å². The average molecular weight is 276 g/mol. The van der Waals surface area contributed by atoms with Crippen molar-refractivity contribution in [2.75, 3.05) is 0 Å². The molecule has 76 valence electrons. The lowest BCUT2D eigenvalue weighted by Crippen LogP contribution is -2.04. The molecule has 0 fully saturated rings.